The highest BCUT2D eigenvalue weighted by Gasteiger charge is 2.27. The Hall–Kier alpha value is -2.79. The fourth-order valence-corrected chi connectivity index (χ4v) is 2.83. The first-order valence-corrected chi connectivity index (χ1v) is 8.04. The van der Waals surface area contributed by atoms with Crippen LogP contribution in [0.3, 0.4) is 0 Å². The molecule has 0 aromatic heterocycles. The third-order valence-electron chi connectivity index (χ3n) is 4.06. The molecule has 1 aromatic rings. The van der Waals surface area contributed by atoms with Gasteiger partial charge in [-0.05, 0) is 24.3 Å². The predicted molar refractivity (Wildman–Crippen MR) is 93.2 cm³/mol. The summed E-state index contributed by atoms with van der Waals surface area (Å²) >= 11 is 0. The van der Waals surface area contributed by atoms with Gasteiger partial charge in [-0.3, -0.25) is 4.90 Å². The molecule has 0 atom stereocenters. The van der Waals surface area contributed by atoms with Crippen LogP contribution in [-0.4, -0.2) is 41.9 Å². The number of ether oxygens (including phenoxy) is 2. The maximum absolute atomic E-state index is 6.03. The van der Waals surface area contributed by atoms with E-state index in [4.69, 9.17) is 14.5 Å². The smallest absolute Gasteiger partial charge is 0.182 e. The molecule has 0 saturated carbocycles. The second-order valence-electron chi connectivity index (χ2n) is 5.69. The molecule has 3 aliphatic heterocycles. The van der Waals surface area contributed by atoms with E-state index in [1.165, 1.54) is 0 Å². The molecular weight excluding hydrogens is 302 g/mol. The maximum Gasteiger partial charge on any atom is 0.182 e. The zero-order valence-electron chi connectivity index (χ0n) is 13.4. The number of para-hydroxylation sites is 1. The molecule has 0 aliphatic carbocycles. The maximum atomic E-state index is 6.03. The van der Waals surface area contributed by atoms with Gasteiger partial charge in [0.2, 0.25) is 0 Å². The number of fused-ring (bicyclic) bond motifs is 1. The van der Waals surface area contributed by atoms with Gasteiger partial charge in [0.25, 0.3) is 0 Å². The number of amidine groups is 1. The summed E-state index contributed by atoms with van der Waals surface area (Å²) in [4.78, 5) is 8.99. The van der Waals surface area contributed by atoms with Gasteiger partial charge in [-0.15, -0.1) is 0 Å². The van der Waals surface area contributed by atoms with Crippen LogP contribution < -0.4 is 4.74 Å². The molecule has 0 N–H and O–H groups in total. The number of aliphatic imine (C=N–C) groups is 1. The lowest BCUT2D eigenvalue weighted by atomic mass is 10.2. The van der Waals surface area contributed by atoms with E-state index >= 15 is 0 Å². The van der Waals surface area contributed by atoms with Crippen LogP contribution in [0.4, 0.5) is 0 Å². The summed E-state index contributed by atoms with van der Waals surface area (Å²) in [5, 5.41) is 0. The minimum Gasteiger partial charge on any atom is -0.453 e. The fourth-order valence-electron chi connectivity index (χ4n) is 2.83. The van der Waals surface area contributed by atoms with E-state index in [2.05, 4.69) is 11.5 Å². The molecule has 24 heavy (non-hydrogen) atoms. The lowest BCUT2D eigenvalue weighted by Gasteiger charge is -2.35. The molecule has 0 radical (unpaired) electrons. The summed E-state index contributed by atoms with van der Waals surface area (Å²) in [7, 11) is 0. The first-order valence-electron chi connectivity index (χ1n) is 8.04. The Morgan fingerprint density at radius 1 is 1.12 bits per heavy atom. The van der Waals surface area contributed by atoms with Gasteiger partial charge in [0, 0.05) is 31.1 Å². The van der Waals surface area contributed by atoms with Crippen molar-refractivity contribution >= 4 is 5.84 Å². The zero-order valence-corrected chi connectivity index (χ0v) is 13.4. The monoisotopic (exact) mass is 321 g/mol. The molecule has 3 heterocycles. The molecule has 1 saturated heterocycles. The van der Waals surface area contributed by atoms with E-state index in [0.717, 1.165) is 49.4 Å². The van der Waals surface area contributed by atoms with Crippen LogP contribution in [0.25, 0.3) is 0 Å². The molecule has 1 aromatic carbocycles. The van der Waals surface area contributed by atoms with Crippen molar-refractivity contribution in [1.82, 2.24) is 9.80 Å². The first-order chi connectivity index (χ1) is 11.8. The zero-order chi connectivity index (χ0) is 16.4. The molecular formula is C19H19N3O2. The van der Waals surface area contributed by atoms with Crippen molar-refractivity contribution in [2.24, 2.45) is 4.99 Å². The number of morpholine rings is 1. The summed E-state index contributed by atoms with van der Waals surface area (Å²) in [6, 6.07) is 9.73. The molecule has 0 unspecified atom stereocenters. The number of allylic oxidation sites excluding steroid dienone is 3. The van der Waals surface area contributed by atoms with Crippen LogP contribution in [-0.2, 0) is 4.74 Å². The largest absolute Gasteiger partial charge is 0.453 e. The first kappa shape index (κ1) is 14.8. The normalized spacial score (nSPS) is 20.2. The topological polar surface area (TPSA) is 37.3 Å². The molecule has 0 amide bonds. The van der Waals surface area contributed by atoms with E-state index in [9.17, 15) is 0 Å². The lowest BCUT2D eigenvalue weighted by Crippen LogP contribution is -2.39. The summed E-state index contributed by atoms with van der Waals surface area (Å²) in [6.45, 7) is 7.28. The second-order valence-corrected chi connectivity index (χ2v) is 5.69. The van der Waals surface area contributed by atoms with E-state index in [1.807, 2.05) is 59.7 Å². The van der Waals surface area contributed by atoms with Crippen molar-refractivity contribution in [3.8, 4) is 5.75 Å². The highest BCUT2D eigenvalue weighted by molar-refractivity contribution is 6.01. The minimum absolute atomic E-state index is 0.712. The van der Waals surface area contributed by atoms with E-state index in [1.54, 1.807) is 0 Å². The quantitative estimate of drug-likeness (QED) is 0.858. The molecule has 0 bridgehead atoms. The Balaban J connectivity index is 1.63. The van der Waals surface area contributed by atoms with Crippen molar-refractivity contribution in [1.29, 1.82) is 0 Å². The van der Waals surface area contributed by atoms with Crippen molar-refractivity contribution < 1.29 is 9.47 Å². The Morgan fingerprint density at radius 2 is 1.92 bits per heavy atom. The summed E-state index contributed by atoms with van der Waals surface area (Å²) < 4.78 is 11.5. The predicted octanol–water partition coefficient (Wildman–Crippen LogP) is 2.88. The van der Waals surface area contributed by atoms with Gasteiger partial charge in [0.15, 0.2) is 11.6 Å². The van der Waals surface area contributed by atoms with Crippen LogP contribution in [0, 0.1) is 0 Å². The Bertz CT molecular complexity index is 756. The van der Waals surface area contributed by atoms with E-state index in [-0.39, 0.29) is 0 Å². The standard InChI is InChI=1S/C19H19N3O2/c1-15-14-18(21-10-12-23-13-11-21)20-19-17(8-5-9-22(15)19)24-16-6-3-2-4-7-16/h2-9,14H,1,10-13H2. The number of hydrogen-bond donors (Lipinski definition) is 0. The average Bonchev–Trinajstić information content (AvgIpc) is 2.64. The SMILES string of the molecule is C=C1C=C(N2CCOCC2)N=C2C(Oc3ccccc3)=CC=CN12. The van der Waals surface area contributed by atoms with Gasteiger partial charge < -0.3 is 14.4 Å². The van der Waals surface area contributed by atoms with Crippen LogP contribution in [0.2, 0.25) is 0 Å². The molecule has 5 nitrogen and oxygen atoms in total. The molecule has 4 rings (SSSR count). The second kappa shape index (κ2) is 6.37. The van der Waals surface area contributed by atoms with Gasteiger partial charge in [0.05, 0.1) is 13.2 Å². The number of rotatable bonds is 3. The van der Waals surface area contributed by atoms with E-state index in [0.29, 0.717) is 5.76 Å². The number of hydrogen-bond acceptors (Lipinski definition) is 5. The van der Waals surface area contributed by atoms with Crippen LogP contribution in [0.1, 0.15) is 0 Å². The Morgan fingerprint density at radius 3 is 2.71 bits per heavy atom. The van der Waals surface area contributed by atoms with E-state index < -0.39 is 0 Å². The summed E-state index contributed by atoms with van der Waals surface area (Å²) in [6.07, 6.45) is 7.82. The van der Waals surface area contributed by atoms with Gasteiger partial charge >= 0.3 is 0 Å². The van der Waals surface area contributed by atoms with Gasteiger partial charge in [-0.1, -0.05) is 24.8 Å². The Kier molecular flexibility index (Phi) is 3.92. The van der Waals surface area contributed by atoms with Crippen molar-refractivity contribution in [2.75, 3.05) is 26.3 Å². The highest BCUT2D eigenvalue weighted by Crippen LogP contribution is 2.27. The van der Waals surface area contributed by atoms with Crippen molar-refractivity contribution in [2.45, 2.75) is 0 Å². The molecule has 0 spiro atoms. The highest BCUT2D eigenvalue weighted by atomic mass is 16.5. The third-order valence-corrected chi connectivity index (χ3v) is 4.06. The van der Waals surface area contributed by atoms with Gasteiger partial charge in [-0.2, -0.15) is 0 Å². The average molecular weight is 321 g/mol. The minimum atomic E-state index is 0.712. The lowest BCUT2D eigenvalue weighted by molar-refractivity contribution is 0.0528. The molecule has 5 heteroatoms. The van der Waals surface area contributed by atoms with Gasteiger partial charge in [0.1, 0.15) is 11.6 Å². The van der Waals surface area contributed by atoms with Gasteiger partial charge in [-0.25, -0.2) is 4.99 Å². The molecule has 3 aliphatic rings. The molecule has 1 fully saturated rings. The summed E-state index contributed by atoms with van der Waals surface area (Å²) in [5.74, 6) is 3.17. The fraction of sp³-hybridized carbons (Fsp3) is 0.211. The van der Waals surface area contributed by atoms with Crippen molar-refractivity contribution in [3.05, 3.63) is 78.6 Å². The van der Waals surface area contributed by atoms with Crippen LogP contribution in [0.5, 0.6) is 5.75 Å². The van der Waals surface area contributed by atoms with Crippen LogP contribution >= 0.6 is 0 Å². The number of nitrogens with zero attached hydrogens (tertiary/aromatic N) is 3. The third kappa shape index (κ3) is 2.86. The Labute approximate surface area is 141 Å². The number of benzene rings is 1. The van der Waals surface area contributed by atoms with Crippen molar-refractivity contribution in [3.63, 3.8) is 0 Å². The molecule has 122 valence electrons. The summed E-state index contributed by atoms with van der Waals surface area (Å²) in [5.41, 5.74) is 0.875. The van der Waals surface area contributed by atoms with Crippen LogP contribution in [0.15, 0.2) is 83.6 Å².